The standard InChI is InChI=1S/C22H25FN6O/c1-15-3-8-19(30-2)18(13-15)27-21-20(24)22(26-14-25-21)29-11-9-28(10-12-29)17-6-4-16(23)5-7-17/h3-8,13-14H,9-12,24H2,1-2H3,(H,25,26,27). The molecule has 0 radical (unpaired) electrons. The van der Waals surface area contributed by atoms with Crippen molar-refractivity contribution < 1.29 is 9.13 Å². The highest BCUT2D eigenvalue weighted by Gasteiger charge is 2.22. The first kappa shape index (κ1) is 19.8. The number of aromatic nitrogens is 2. The molecule has 0 bridgehead atoms. The van der Waals surface area contributed by atoms with Crippen LogP contribution in [0.1, 0.15) is 5.56 Å². The maximum Gasteiger partial charge on any atom is 0.159 e. The fourth-order valence-electron chi connectivity index (χ4n) is 3.61. The predicted octanol–water partition coefficient (Wildman–Crippen LogP) is 3.59. The van der Waals surface area contributed by atoms with E-state index in [1.54, 1.807) is 19.2 Å². The zero-order chi connectivity index (χ0) is 21.1. The number of nitrogens with two attached hydrogens (primary N) is 1. The molecular weight excluding hydrogens is 383 g/mol. The first-order chi connectivity index (χ1) is 14.5. The molecule has 1 aliphatic rings. The number of benzene rings is 2. The number of rotatable bonds is 5. The minimum atomic E-state index is -0.226. The lowest BCUT2D eigenvalue weighted by atomic mass is 10.2. The highest BCUT2D eigenvalue weighted by Crippen LogP contribution is 2.33. The van der Waals surface area contributed by atoms with Crippen molar-refractivity contribution in [3.05, 3.63) is 60.2 Å². The average molecular weight is 408 g/mol. The van der Waals surface area contributed by atoms with Gasteiger partial charge in [0.15, 0.2) is 11.6 Å². The van der Waals surface area contributed by atoms with E-state index in [1.807, 2.05) is 25.1 Å². The highest BCUT2D eigenvalue weighted by molar-refractivity contribution is 5.80. The number of hydrogen-bond acceptors (Lipinski definition) is 7. The minimum absolute atomic E-state index is 0.226. The topological polar surface area (TPSA) is 79.5 Å². The van der Waals surface area contributed by atoms with E-state index in [1.165, 1.54) is 18.5 Å². The van der Waals surface area contributed by atoms with Gasteiger partial charge in [-0.3, -0.25) is 0 Å². The molecule has 8 heteroatoms. The van der Waals surface area contributed by atoms with Crippen molar-refractivity contribution in [3.63, 3.8) is 0 Å². The number of piperazine rings is 1. The number of hydrogen-bond donors (Lipinski definition) is 2. The molecule has 0 unspecified atom stereocenters. The van der Waals surface area contributed by atoms with Crippen LogP contribution in [0.2, 0.25) is 0 Å². The van der Waals surface area contributed by atoms with Gasteiger partial charge in [0.1, 0.15) is 23.6 Å². The molecule has 0 spiro atoms. The van der Waals surface area contributed by atoms with E-state index < -0.39 is 0 Å². The van der Waals surface area contributed by atoms with Gasteiger partial charge in [0, 0.05) is 31.9 Å². The zero-order valence-electron chi connectivity index (χ0n) is 17.1. The first-order valence-corrected chi connectivity index (χ1v) is 9.83. The summed E-state index contributed by atoms with van der Waals surface area (Å²) in [5.41, 5.74) is 9.84. The molecule has 1 aromatic heterocycles. The van der Waals surface area contributed by atoms with Gasteiger partial charge in [0.05, 0.1) is 12.8 Å². The summed E-state index contributed by atoms with van der Waals surface area (Å²) in [4.78, 5) is 13.1. The number of nitrogens with one attached hydrogen (secondary N) is 1. The number of methoxy groups -OCH3 is 1. The van der Waals surface area contributed by atoms with Crippen LogP contribution >= 0.6 is 0 Å². The van der Waals surface area contributed by atoms with Crippen molar-refractivity contribution in [2.75, 3.05) is 54.1 Å². The molecule has 4 rings (SSSR count). The van der Waals surface area contributed by atoms with Gasteiger partial charge in [-0.25, -0.2) is 14.4 Å². The van der Waals surface area contributed by atoms with Crippen molar-refractivity contribution in [3.8, 4) is 5.75 Å². The zero-order valence-corrected chi connectivity index (χ0v) is 17.1. The lowest BCUT2D eigenvalue weighted by molar-refractivity contribution is 0.416. The summed E-state index contributed by atoms with van der Waals surface area (Å²) in [5.74, 6) is 1.74. The summed E-state index contributed by atoms with van der Waals surface area (Å²) in [6, 6.07) is 12.5. The van der Waals surface area contributed by atoms with Crippen LogP contribution in [0.3, 0.4) is 0 Å². The molecule has 1 saturated heterocycles. The van der Waals surface area contributed by atoms with Crippen molar-refractivity contribution >= 4 is 28.7 Å². The third kappa shape index (κ3) is 4.07. The van der Waals surface area contributed by atoms with Crippen molar-refractivity contribution in [1.29, 1.82) is 0 Å². The summed E-state index contributed by atoms with van der Waals surface area (Å²) >= 11 is 0. The van der Waals surface area contributed by atoms with Crippen LogP contribution in [0.25, 0.3) is 0 Å². The molecule has 1 aliphatic heterocycles. The molecule has 0 saturated carbocycles. The molecule has 2 heterocycles. The SMILES string of the molecule is COc1ccc(C)cc1Nc1ncnc(N2CCN(c3ccc(F)cc3)CC2)c1N. The maximum absolute atomic E-state index is 13.2. The Kier molecular flexibility index (Phi) is 5.56. The van der Waals surface area contributed by atoms with Crippen LogP contribution in [-0.4, -0.2) is 43.3 Å². The second-order valence-corrected chi connectivity index (χ2v) is 7.24. The van der Waals surface area contributed by atoms with Gasteiger partial charge in [0.25, 0.3) is 0 Å². The Morgan fingerprint density at radius 3 is 2.40 bits per heavy atom. The second kappa shape index (κ2) is 8.44. The molecule has 0 aliphatic carbocycles. The van der Waals surface area contributed by atoms with Crippen LogP contribution in [0.4, 0.5) is 33.1 Å². The molecule has 1 fully saturated rings. The Balaban J connectivity index is 1.50. The summed E-state index contributed by atoms with van der Waals surface area (Å²) in [5, 5.41) is 3.28. The molecule has 2 aromatic carbocycles. The van der Waals surface area contributed by atoms with Gasteiger partial charge in [-0.2, -0.15) is 0 Å². The van der Waals surface area contributed by atoms with E-state index in [4.69, 9.17) is 10.5 Å². The van der Waals surface area contributed by atoms with E-state index in [9.17, 15) is 4.39 Å². The third-order valence-corrected chi connectivity index (χ3v) is 5.24. The molecule has 0 atom stereocenters. The average Bonchev–Trinajstić information content (AvgIpc) is 2.76. The van der Waals surface area contributed by atoms with Gasteiger partial charge in [-0.1, -0.05) is 6.07 Å². The number of anilines is 5. The second-order valence-electron chi connectivity index (χ2n) is 7.24. The molecule has 156 valence electrons. The summed E-state index contributed by atoms with van der Waals surface area (Å²) in [7, 11) is 1.63. The number of nitrogens with zero attached hydrogens (tertiary/aromatic N) is 4. The molecule has 30 heavy (non-hydrogen) atoms. The predicted molar refractivity (Wildman–Crippen MR) is 118 cm³/mol. The largest absolute Gasteiger partial charge is 0.495 e. The number of ether oxygens (including phenoxy) is 1. The normalized spacial score (nSPS) is 14.0. The Hall–Kier alpha value is -3.55. The van der Waals surface area contributed by atoms with Crippen molar-refractivity contribution in [2.45, 2.75) is 6.92 Å². The molecule has 7 nitrogen and oxygen atoms in total. The Morgan fingerprint density at radius 2 is 1.70 bits per heavy atom. The fourth-order valence-corrected chi connectivity index (χ4v) is 3.61. The van der Waals surface area contributed by atoms with E-state index >= 15 is 0 Å². The van der Waals surface area contributed by atoms with Gasteiger partial charge < -0.3 is 25.6 Å². The lowest BCUT2D eigenvalue weighted by Gasteiger charge is -2.37. The van der Waals surface area contributed by atoms with E-state index in [-0.39, 0.29) is 5.82 Å². The van der Waals surface area contributed by atoms with Crippen LogP contribution in [0.5, 0.6) is 5.75 Å². The van der Waals surface area contributed by atoms with Crippen LogP contribution in [0.15, 0.2) is 48.8 Å². The first-order valence-electron chi connectivity index (χ1n) is 9.83. The smallest absolute Gasteiger partial charge is 0.159 e. The van der Waals surface area contributed by atoms with Crippen molar-refractivity contribution in [1.82, 2.24) is 9.97 Å². The number of nitrogen functional groups attached to an aromatic ring is 1. The number of halogens is 1. The molecular formula is C22H25FN6O. The Bertz CT molecular complexity index is 1020. The minimum Gasteiger partial charge on any atom is -0.495 e. The molecule has 3 aromatic rings. The highest BCUT2D eigenvalue weighted by atomic mass is 19.1. The van der Waals surface area contributed by atoms with Crippen LogP contribution in [0, 0.1) is 12.7 Å². The summed E-state index contributed by atoms with van der Waals surface area (Å²) in [6.45, 7) is 5.12. The van der Waals surface area contributed by atoms with Gasteiger partial charge in [0.2, 0.25) is 0 Å². The fraction of sp³-hybridized carbons (Fsp3) is 0.273. The molecule has 3 N–H and O–H groups in total. The van der Waals surface area contributed by atoms with E-state index in [0.717, 1.165) is 43.1 Å². The van der Waals surface area contributed by atoms with E-state index in [0.29, 0.717) is 23.1 Å². The van der Waals surface area contributed by atoms with Gasteiger partial charge in [-0.05, 0) is 48.9 Å². The monoisotopic (exact) mass is 408 g/mol. The summed E-state index contributed by atoms with van der Waals surface area (Å²) in [6.07, 6.45) is 1.52. The van der Waals surface area contributed by atoms with Crippen molar-refractivity contribution in [2.24, 2.45) is 0 Å². The Morgan fingerprint density at radius 1 is 1.00 bits per heavy atom. The number of aryl methyl sites for hydroxylation is 1. The van der Waals surface area contributed by atoms with Crippen LogP contribution in [-0.2, 0) is 0 Å². The Labute approximate surface area is 175 Å². The third-order valence-electron chi connectivity index (χ3n) is 5.24. The maximum atomic E-state index is 13.2. The van der Waals surface area contributed by atoms with Gasteiger partial charge >= 0.3 is 0 Å². The lowest BCUT2D eigenvalue weighted by Crippen LogP contribution is -2.47. The van der Waals surface area contributed by atoms with Crippen LogP contribution < -0.4 is 25.6 Å². The van der Waals surface area contributed by atoms with E-state index in [2.05, 4.69) is 25.1 Å². The quantitative estimate of drug-likeness (QED) is 0.668. The summed E-state index contributed by atoms with van der Waals surface area (Å²) < 4.78 is 18.6. The van der Waals surface area contributed by atoms with Gasteiger partial charge in [-0.15, -0.1) is 0 Å². The molecule has 0 amide bonds.